The summed E-state index contributed by atoms with van der Waals surface area (Å²) in [5.41, 5.74) is 0.633. The summed E-state index contributed by atoms with van der Waals surface area (Å²) in [7, 11) is 0. The maximum atomic E-state index is 11.9. The fourth-order valence-electron chi connectivity index (χ4n) is 2.08. The second-order valence-corrected chi connectivity index (χ2v) is 5.63. The van der Waals surface area contributed by atoms with E-state index in [0.717, 1.165) is 44.1 Å². The molecule has 1 aliphatic heterocycles. The predicted octanol–water partition coefficient (Wildman–Crippen LogP) is 0.544. The van der Waals surface area contributed by atoms with Crippen molar-refractivity contribution in [3.8, 4) is 11.8 Å². The molecule has 0 aliphatic carbocycles. The molecule has 2 rings (SSSR count). The molecule has 1 aromatic heterocycles. The highest BCUT2D eigenvalue weighted by atomic mass is 32.1. The minimum Gasteiger partial charge on any atom is -0.384 e. The van der Waals surface area contributed by atoms with Crippen LogP contribution in [-0.2, 0) is 4.74 Å². The van der Waals surface area contributed by atoms with Crippen LogP contribution in [0, 0.1) is 11.8 Å². The van der Waals surface area contributed by atoms with Crippen LogP contribution in [0.5, 0.6) is 0 Å². The third-order valence-electron chi connectivity index (χ3n) is 3.19. The fraction of sp³-hybridized carbons (Fsp3) is 0.533. The van der Waals surface area contributed by atoms with Crippen LogP contribution in [0.25, 0.3) is 0 Å². The Kier molecular flexibility index (Phi) is 6.70. The Morgan fingerprint density at radius 3 is 3.05 bits per heavy atom. The molecular formula is C15H20N2O3S. The summed E-state index contributed by atoms with van der Waals surface area (Å²) in [6.07, 6.45) is 0.938. The molecule has 0 radical (unpaired) electrons. The topological polar surface area (TPSA) is 61.8 Å². The fourth-order valence-corrected chi connectivity index (χ4v) is 2.83. The maximum Gasteiger partial charge on any atom is 0.252 e. The lowest BCUT2D eigenvalue weighted by atomic mass is 10.3. The molecule has 0 atom stereocenters. The summed E-state index contributed by atoms with van der Waals surface area (Å²) in [5, 5.41) is 13.3. The number of carbonyl (C=O) groups is 1. The molecule has 1 aliphatic rings. The van der Waals surface area contributed by atoms with Gasteiger partial charge < -0.3 is 15.2 Å². The Bertz CT molecular complexity index is 512. The first-order valence-corrected chi connectivity index (χ1v) is 7.94. The number of aliphatic hydroxyl groups is 1. The number of hydrogen-bond donors (Lipinski definition) is 2. The van der Waals surface area contributed by atoms with E-state index in [1.165, 1.54) is 11.3 Å². The summed E-state index contributed by atoms with van der Waals surface area (Å²) in [5.74, 6) is 5.31. The van der Waals surface area contributed by atoms with Crippen LogP contribution in [0.2, 0.25) is 0 Å². The molecule has 0 unspecified atom stereocenters. The zero-order valence-electron chi connectivity index (χ0n) is 11.9. The summed E-state index contributed by atoms with van der Waals surface area (Å²) in [6.45, 7) is 5.06. The molecule has 0 bridgehead atoms. The number of ether oxygens (including phenoxy) is 1. The smallest absolute Gasteiger partial charge is 0.252 e. The molecule has 0 spiro atoms. The van der Waals surface area contributed by atoms with E-state index in [1.807, 2.05) is 0 Å². The number of morpholine rings is 1. The highest BCUT2D eigenvalue weighted by Crippen LogP contribution is 2.13. The van der Waals surface area contributed by atoms with Gasteiger partial charge in [0, 0.05) is 25.0 Å². The molecule has 0 aromatic carbocycles. The van der Waals surface area contributed by atoms with Gasteiger partial charge in [-0.05, 0) is 19.0 Å². The zero-order valence-corrected chi connectivity index (χ0v) is 12.7. The van der Waals surface area contributed by atoms with Gasteiger partial charge in [-0.15, -0.1) is 11.3 Å². The van der Waals surface area contributed by atoms with Gasteiger partial charge in [0.15, 0.2) is 0 Å². The van der Waals surface area contributed by atoms with Crippen molar-refractivity contribution in [1.29, 1.82) is 0 Å². The highest BCUT2D eigenvalue weighted by Gasteiger charge is 2.10. The van der Waals surface area contributed by atoms with Crippen molar-refractivity contribution in [2.24, 2.45) is 0 Å². The number of nitrogens with zero attached hydrogens (tertiary/aromatic N) is 1. The van der Waals surface area contributed by atoms with Gasteiger partial charge in [0.05, 0.1) is 23.7 Å². The van der Waals surface area contributed by atoms with Crippen molar-refractivity contribution in [3.63, 3.8) is 0 Å². The monoisotopic (exact) mass is 308 g/mol. The number of amides is 1. The Morgan fingerprint density at radius 1 is 1.48 bits per heavy atom. The van der Waals surface area contributed by atoms with Crippen molar-refractivity contribution < 1.29 is 14.6 Å². The Hall–Kier alpha value is -1.39. The predicted molar refractivity (Wildman–Crippen MR) is 82.5 cm³/mol. The normalized spacial score (nSPS) is 15.3. The SMILES string of the molecule is O=C(NCCCN1CCOCC1)c1csc(C#CCO)c1. The van der Waals surface area contributed by atoms with Crippen LogP contribution >= 0.6 is 11.3 Å². The van der Waals surface area contributed by atoms with Gasteiger partial charge in [-0.3, -0.25) is 9.69 Å². The second-order valence-electron chi connectivity index (χ2n) is 4.72. The lowest BCUT2D eigenvalue weighted by molar-refractivity contribution is 0.0374. The first-order valence-electron chi connectivity index (χ1n) is 7.06. The number of hydrogen-bond acceptors (Lipinski definition) is 5. The summed E-state index contributed by atoms with van der Waals surface area (Å²) in [4.78, 5) is 15.1. The van der Waals surface area contributed by atoms with E-state index in [-0.39, 0.29) is 12.5 Å². The van der Waals surface area contributed by atoms with Crippen molar-refractivity contribution in [3.05, 3.63) is 21.9 Å². The quantitative estimate of drug-likeness (QED) is 0.616. The highest BCUT2D eigenvalue weighted by molar-refractivity contribution is 7.10. The molecule has 1 fully saturated rings. The molecule has 0 saturated carbocycles. The van der Waals surface area contributed by atoms with Crippen LogP contribution < -0.4 is 5.32 Å². The molecule has 5 nitrogen and oxygen atoms in total. The molecule has 2 heterocycles. The first-order chi connectivity index (χ1) is 10.3. The maximum absolute atomic E-state index is 11.9. The molecule has 6 heteroatoms. The summed E-state index contributed by atoms with van der Waals surface area (Å²) >= 11 is 1.41. The Morgan fingerprint density at radius 2 is 2.29 bits per heavy atom. The van der Waals surface area contributed by atoms with Crippen LogP contribution in [-0.4, -0.2) is 61.9 Å². The summed E-state index contributed by atoms with van der Waals surface area (Å²) < 4.78 is 5.30. The van der Waals surface area contributed by atoms with Crippen molar-refractivity contribution in [2.75, 3.05) is 46.0 Å². The summed E-state index contributed by atoms with van der Waals surface area (Å²) in [6, 6.07) is 1.75. The zero-order chi connectivity index (χ0) is 14.9. The number of carbonyl (C=O) groups excluding carboxylic acids is 1. The molecule has 1 saturated heterocycles. The molecule has 1 amide bonds. The standard InChI is InChI=1S/C15H20N2O3S/c18-8-1-3-14-11-13(12-21-14)15(19)16-4-2-5-17-6-9-20-10-7-17/h11-12,18H,2,4-10H2,(H,16,19). The van der Waals surface area contributed by atoms with Gasteiger partial charge in [0.2, 0.25) is 0 Å². The molecule has 21 heavy (non-hydrogen) atoms. The first kappa shape index (κ1) is 16.0. The van der Waals surface area contributed by atoms with Gasteiger partial charge in [0.25, 0.3) is 5.91 Å². The molecular weight excluding hydrogens is 288 g/mol. The molecule has 114 valence electrons. The lowest BCUT2D eigenvalue weighted by Crippen LogP contribution is -2.38. The van der Waals surface area contributed by atoms with Crippen molar-refractivity contribution >= 4 is 17.2 Å². The van der Waals surface area contributed by atoms with Crippen molar-refractivity contribution in [1.82, 2.24) is 10.2 Å². The van der Waals surface area contributed by atoms with E-state index in [4.69, 9.17) is 9.84 Å². The minimum atomic E-state index is -0.166. The third kappa shape index (κ3) is 5.48. The average Bonchev–Trinajstić information content (AvgIpc) is 2.99. The molecule has 1 aromatic rings. The van der Waals surface area contributed by atoms with Crippen LogP contribution in [0.15, 0.2) is 11.4 Å². The number of nitrogens with one attached hydrogen (secondary N) is 1. The lowest BCUT2D eigenvalue weighted by Gasteiger charge is -2.26. The Balaban J connectivity index is 1.68. The Labute approximate surface area is 128 Å². The van der Waals surface area contributed by atoms with Gasteiger partial charge in [-0.1, -0.05) is 11.8 Å². The van der Waals surface area contributed by atoms with Gasteiger partial charge in [-0.2, -0.15) is 0 Å². The van der Waals surface area contributed by atoms with Gasteiger partial charge in [0.1, 0.15) is 6.61 Å². The van der Waals surface area contributed by atoms with Gasteiger partial charge in [-0.25, -0.2) is 0 Å². The van der Waals surface area contributed by atoms with Gasteiger partial charge >= 0.3 is 0 Å². The number of aliphatic hydroxyl groups excluding tert-OH is 1. The average molecular weight is 308 g/mol. The van der Waals surface area contributed by atoms with E-state index in [1.54, 1.807) is 11.4 Å². The van der Waals surface area contributed by atoms with E-state index < -0.39 is 0 Å². The van der Waals surface area contributed by atoms with Crippen molar-refractivity contribution in [2.45, 2.75) is 6.42 Å². The van der Waals surface area contributed by atoms with Crippen LogP contribution in [0.3, 0.4) is 0 Å². The van der Waals surface area contributed by atoms with E-state index >= 15 is 0 Å². The molecule has 2 N–H and O–H groups in total. The van der Waals surface area contributed by atoms with E-state index in [2.05, 4.69) is 22.1 Å². The van der Waals surface area contributed by atoms with Crippen LogP contribution in [0.1, 0.15) is 21.7 Å². The third-order valence-corrected chi connectivity index (χ3v) is 4.04. The van der Waals surface area contributed by atoms with Crippen LogP contribution in [0.4, 0.5) is 0 Å². The van der Waals surface area contributed by atoms with E-state index in [9.17, 15) is 4.79 Å². The van der Waals surface area contributed by atoms with E-state index in [0.29, 0.717) is 12.1 Å². The minimum absolute atomic E-state index is 0.0646. The number of rotatable bonds is 5. The largest absolute Gasteiger partial charge is 0.384 e. The number of thiophene rings is 1. The second kappa shape index (κ2) is 8.80.